The van der Waals surface area contributed by atoms with Gasteiger partial charge in [0, 0.05) is 4.92 Å². The number of nitrogens with one attached hydrogen (secondary N) is 1. The Balaban J connectivity index is 2.28. The average molecular weight is 162 g/mol. The third-order valence-electron chi connectivity index (χ3n) is 1.54. The molecule has 0 aromatic carbocycles. The van der Waals surface area contributed by atoms with E-state index < -0.39 is 11.0 Å². The van der Waals surface area contributed by atoms with Crippen LogP contribution >= 0.6 is 0 Å². The molecule has 1 aliphatic rings. The lowest BCUT2D eigenvalue weighted by Crippen LogP contribution is -3.10. The average Bonchev–Trinajstić information content (AvgIpc) is 1.85. The number of quaternary nitrogens is 1. The van der Waals surface area contributed by atoms with Crippen LogP contribution < -0.4 is 5.06 Å². The minimum absolute atomic E-state index is 0.0584. The molecule has 2 unspecified atom stereocenters. The molecule has 0 radical (unpaired) electrons. The van der Waals surface area contributed by atoms with Crippen molar-refractivity contribution in [2.45, 2.75) is 6.10 Å². The Morgan fingerprint density at radius 3 is 3.00 bits per heavy atom. The number of ether oxygens (including phenoxy) is 1. The van der Waals surface area contributed by atoms with E-state index in [0.29, 0.717) is 13.2 Å². The minimum Gasteiger partial charge on any atom is -0.634 e. The zero-order chi connectivity index (χ0) is 8.27. The highest BCUT2D eigenvalue weighted by atomic mass is 16.6. The lowest BCUT2D eigenvalue weighted by atomic mass is 10.3. The molecule has 1 heterocycles. The molecule has 0 spiro atoms. The van der Waals surface area contributed by atoms with Crippen molar-refractivity contribution in [2.75, 3.05) is 26.2 Å². The minimum atomic E-state index is -0.494. The highest BCUT2D eigenvalue weighted by molar-refractivity contribution is 4.56. The van der Waals surface area contributed by atoms with Crippen LogP contribution in [0.2, 0.25) is 0 Å². The fourth-order valence-electron chi connectivity index (χ4n) is 1.04. The van der Waals surface area contributed by atoms with Crippen LogP contribution in [0.3, 0.4) is 0 Å². The van der Waals surface area contributed by atoms with Crippen LogP contribution in [-0.2, 0) is 4.74 Å². The van der Waals surface area contributed by atoms with Crippen molar-refractivity contribution < 1.29 is 14.7 Å². The Labute approximate surface area is 63.5 Å². The van der Waals surface area contributed by atoms with Gasteiger partial charge in [0.05, 0.1) is 6.61 Å². The normalized spacial score (nSPS) is 31.7. The van der Waals surface area contributed by atoms with Crippen molar-refractivity contribution in [1.29, 1.82) is 0 Å². The van der Waals surface area contributed by atoms with E-state index in [9.17, 15) is 15.3 Å². The molecule has 1 rings (SSSR count). The van der Waals surface area contributed by atoms with Crippen molar-refractivity contribution in [3.8, 4) is 0 Å². The zero-order valence-electron chi connectivity index (χ0n) is 5.99. The summed E-state index contributed by atoms with van der Waals surface area (Å²) in [7, 11) is 0. The predicted molar refractivity (Wildman–Crippen MR) is 35.7 cm³/mol. The second-order valence-corrected chi connectivity index (χ2v) is 2.50. The molecular formula is C5H10N2O4. The number of morpholine rings is 1. The molecule has 0 amide bonds. The lowest BCUT2D eigenvalue weighted by molar-refractivity contribution is -0.863. The van der Waals surface area contributed by atoms with Gasteiger partial charge in [-0.2, -0.15) is 0 Å². The Kier molecular flexibility index (Phi) is 2.75. The van der Waals surface area contributed by atoms with E-state index in [1.54, 1.807) is 0 Å². The van der Waals surface area contributed by atoms with Crippen LogP contribution in [-0.4, -0.2) is 37.3 Å². The maximum absolute atomic E-state index is 10.8. The summed E-state index contributed by atoms with van der Waals surface area (Å²) in [4.78, 5) is 9.53. The Morgan fingerprint density at radius 2 is 2.45 bits per heavy atom. The van der Waals surface area contributed by atoms with E-state index in [1.165, 1.54) is 0 Å². The van der Waals surface area contributed by atoms with Gasteiger partial charge in [-0.3, -0.25) is 10.1 Å². The fraction of sp³-hybridized carbons (Fsp3) is 1.00. The third kappa shape index (κ3) is 2.79. The number of rotatable bonds is 2. The Morgan fingerprint density at radius 1 is 1.73 bits per heavy atom. The molecule has 1 fully saturated rings. The van der Waals surface area contributed by atoms with Gasteiger partial charge in [-0.15, -0.1) is 0 Å². The summed E-state index contributed by atoms with van der Waals surface area (Å²) in [6, 6.07) is 0. The molecule has 0 aromatic rings. The molecule has 11 heavy (non-hydrogen) atoms. The molecular weight excluding hydrogens is 152 g/mol. The molecule has 2 atom stereocenters. The molecule has 0 aliphatic carbocycles. The van der Waals surface area contributed by atoms with Crippen LogP contribution in [0.5, 0.6) is 0 Å². The van der Waals surface area contributed by atoms with E-state index in [1.807, 2.05) is 0 Å². The summed E-state index contributed by atoms with van der Waals surface area (Å²) < 4.78 is 5.00. The van der Waals surface area contributed by atoms with Gasteiger partial charge >= 0.3 is 0 Å². The lowest BCUT2D eigenvalue weighted by Gasteiger charge is -2.30. The van der Waals surface area contributed by atoms with Gasteiger partial charge in [0.25, 0.3) is 0 Å². The maximum Gasteiger partial charge on any atom is 0.235 e. The van der Waals surface area contributed by atoms with Gasteiger partial charge in [0.2, 0.25) is 6.54 Å². The standard InChI is InChI=1S/C5H10N2O4/c8-6-1-2-11-5(3-6)4-7(9)10/h5-6H,1-4H2. The van der Waals surface area contributed by atoms with Gasteiger partial charge in [-0.25, -0.2) is 0 Å². The van der Waals surface area contributed by atoms with E-state index in [2.05, 4.69) is 0 Å². The molecule has 0 aromatic heterocycles. The summed E-state index contributed by atoms with van der Waals surface area (Å²) in [6.07, 6.45) is -0.494. The predicted octanol–water partition coefficient (Wildman–Crippen LogP) is -1.96. The Bertz CT molecular complexity index is 151. The largest absolute Gasteiger partial charge is 0.634 e. The van der Waals surface area contributed by atoms with Gasteiger partial charge in [-0.05, 0) is 0 Å². The van der Waals surface area contributed by atoms with E-state index in [4.69, 9.17) is 4.74 Å². The highest BCUT2D eigenvalue weighted by Crippen LogP contribution is 1.92. The van der Waals surface area contributed by atoms with Crippen LogP contribution in [0.25, 0.3) is 0 Å². The SMILES string of the molecule is O=[N+]([O-])CC1C[NH+]([O-])CCO1. The third-order valence-corrected chi connectivity index (χ3v) is 1.54. The van der Waals surface area contributed by atoms with Crippen molar-refractivity contribution in [3.63, 3.8) is 0 Å². The highest BCUT2D eigenvalue weighted by Gasteiger charge is 2.23. The number of hydroxylamine groups is 2. The van der Waals surface area contributed by atoms with Gasteiger partial charge in [0.1, 0.15) is 13.1 Å². The molecule has 6 heteroatoms. The summed E-state index contributed by atoms with van der Waals surface area (Å²) in [5.74, 6) is 0. The number of hydrogen-bond acceptors (Lipinski definition) is 4. The van der Waals surface area contributed by atoms with Crippen LogP contribution in [0.1, 0.15) is 0 Å². The van der Waals surface area contributed by atoms with Crippen molar-refractivity contribution in [2.24, 2.45) is 0 Å². The van der Waals surface area contributed by atoms with E-state index >= 15 is 0 Å². The van der Waals surface area contributed by atoms with Crippen molar-refractivity contribution in [3.05, 3.63) is 15.3 Å². The van der Waals surface area contributed by atoms with Crippen LogP contribution in [0.4, 0.5) is 0 Å². The second kappa shape index (κ2) is 3.61. The first-order valence-corrected chi connectivity index (χ1v) is 3.43. The molecule has 0 bridgehead atoms. The fourth-order valence-corrected chi connectivity index (χ4v) is 1.04. The molecule has 1 aliphatic heterocycles. The summed E-state index contributed by atoms with van der Waals surface area (Å²) in [6.45, 7) is 0.665. The summed E-state index contributed by atoms with van der Waals surface area (Å²) in [5, 5.41) is 20.8. The Hall–Kier alpha value is -0.720. The van der Waals surface area contributed by atoms with Crippen LogP contribution in [0.15, 0.2) is 0 Å². The molecule has 0 saturated carbocycles. The summed E-state index contributed by atoms with van der Waals surface area (Å²) >= 11 is 0. The van der Waals surface area contributed by atoms with Gasteiger partial charge < -0.3 is 15.0 Å². The molecule has 64 valence electrons. The summed E-state index contributed by atoms with van der Waals surface area (Å²) in [5.41, 5.74) is 0. The monoisotopic (exact) mass is 162 g/mol. The van der Waals surface area contributed by atoms with Crippen molar-refractivity contribution in [1.82, 2.24) is 0 Å². The quantitative estimate of drug-likeness (QED) is 0.290. The first kappa shape index (κ1) is 8.38. The maximum atomic E-state index is 10.8. The molecule has 1 N–H and O–H groups in total. The zero-order valence-corrected chi connectivity index (χ0v) is 5.99. The molecule has 1 saturated heterocycles. The van der Waals surface area contributed by atoms with E-state index in [0.717, 1.165) is 0 Å². The molecule has 6 nitrogen and oxygen atoms in total. The number of hydrogen-bond donors (Lipinski definition) is 1. The van der Waals surface area contributed by atoms with Crippen LogP contribution in [0, 0.1) is 15.3 Å². The smallest absolute Gasteiger partial charge is 0.235 e. The first-order chi connectivity index (χ1) is 5.18. The topological polar surface area (TPSA) is 79.9 Å². The first-order valence-electron chi connectivity index (χ1n) is 3.43. The van der Waals surface area contributed by atoms with Gasteiger partial charge in [0.15, 0.2) is 6.10 Å². The van der Waals surface area contributed by atoms with Gasteiger partial charge in [-0.1, -0.05) is 0 Å². The van der Waals surface area contributed by atoms with E-state index in [-0.39, 0.29) is 18.2 Å². The van der Waals surface area contributed by atoms with Crippen molar-refractivity contribution >= 4 is 0 Å². The number of nitro groups is 1. The number of nitrogens with zero attached hydrogens (tertiary/aromatic N) is 1. The second-order valence-electron chi connectivity index (χ2n) is 2.50.